The highest BCUT2D eigenvalue weighted by molar-refractivity contribution is 7.80. The van der Waals surface area contributed by atoms with E-state index in [9.17, 15) is 35.5 Å². The lowest BCUT2D eigenvalue weighted by Crippen LogP contribution is -2.50. The maximum Gasteiger partial charge on any atom is 0.432 e. The van der Waals surface area contributed by atoms with Gasteiger partial charge in [-0.15, -0.1) is 0 Å². The average Bonchev–Trinajstić information content (AvgIpc) is 2.49. The van der Waals surface area contributed by atoms with E-state index < -0.39 is 41.0 Å². The number of rotatable bonds is 6. The van der Waals surface area contributed by atoms with Crippen LogP contribution >= 0.6 is 0 Å². The van der Waals surface area contributed by atoms with Gasteiger partial charge in [0.2, 0.25) is 0 Å². The molecular weight excluding hydrogens is 371 g/mol. The molecule has 0 saturated heterocycles. The molecule has 0 heterocycles. The molecule has 0 aromatic rings. The van der Waals surface area contributed by atoms with Crippen molar-refractivity contribution in [3.63, 3.8) is 0 Å². The van der Waals surface area contributed by atoms with E-state index in [0.29, 0.717) is 11.8 Å². The zero-order valence-electron chi connectivity index (χ0n) is 13.4. The van der Waals surface area contributed by atoms with E-state index in [1.54, 1.807) is 0 Å². The van der Waals surface area contributed by atoms with Crippen molar-refractivity contribution < 1.29 is 40.2 Å². The molecule has 2 rings (SSSR count). The summed E-state index contributed by atoms with van der Waals surface area (Å²) in [6.07, 6.45) is -3.55. The van der Waals surface area contributed by atoms with Crippen molar-refractivity contribution >= 4 is 17.0 Å². The maximum absolute atomic E-state index is 13.2. The van der Waals surface area contributed by atoms with Crippen LogP contribution in [0.4, 0.5) is 22.0 Å². The Morgan fingerprint density at radius 1 is 1.12 bits per heavy atom. The Morgan fingerprint density at radius 3 is 2.16 bits per heavy atom. The van der Waals surface area contributed by atoms with E-state index in [4.69, 9.17) is 0 Å². The van der Waals surface area contributed by atoms with Crippen molar-refractivity contribution in [2.24, 2.45) is 17.8 Å². The number of alkyl halides is 5. The Balaban J connectivity index is 1.90. The summed E-state index contributed by atoms with van der Waals surface area (Å²) in [5.41, 5.74) is 0. The summed E-state index contributed by atoms with van der Waals surface area (Å²) in [6.45, 7) is 0. The predicted molar refractivity (Wildman–Crippen MR) is 77.2 cm³/mol. The van der Waals surface area contributed by atoms with Crippen molar-refractivity contribution in [2.75, 3.05) is 0 Å². The van der Waals surface area contributed by atoms with Gasteiger partial charge in [-0.1, -0.05) is 19.3 Å². The second-order valence-electron chi connectivity index (χ2n) is 6.98. The van der Waals surface area contributed by atoms with E-state index in [2.05, 4.69) is 4.74 Å². The van der Waals surface area contributed by atoms with Crippen LogP contribution in [0.25, 0.3) is 0 Å². The van der Waals surface area contributed by atoms with Gasteiger partial charge in [-0.25, -0.2) is 0 Å². The Bertz CT molecular complexity index is 499. The molecule has 4 nitrogen and oxygen atoms in total. The van der Waals surface area contributed by atoms with Gasteiger partial charge in [0.15, 0.2) is 0 Å². The Kier molecular flexibility index (Phi) is 6.45. The average molecular weight is 391 g/mol. The molecule has 25 heavy (non-hydrogen) atoms. The van der Waals surface area contributed by atoms with E-state index in [0.717, 1.165) is 32.1 Å². The zero-order chi connectivity index (χ0) is 18.8. The summed E-state index contributed by atoms with van der Waals surface area (Å²) >= 11 is -4.36. The van der Waals surface area contributed by atoms with E-state index in [-0.39, 0.29) is 12.3 Å². The van der Waals surface area contributed by atoms with Crippen LogP contribution < -0.4 is 0 Å². The first-order valence-electron chi connectivity index (χ1n) is 8.23. The van der Waals surface area contributed by atoms with Crippen molar-refractivity contribution in [3.8, 4) is 0 Å². The molecule has 0 spiro atoms. The summed E-state index contributed by atoms with van der Waals surface area (Å²) < 4.78 is 88.9. The molecule has 2 fully saturated rings. The summed E-state index contributed by atoms with van der Waals surface area (Å²) in [6, 6.07) is 0. The molecule has 2 aliphatic rings. The van der Waals surface area contributed by atoms with Gasteiger partial charge in [-0.2, -0.15) is 22.0 Å². The predicted octanol–water partition coefficient (Wildman–Crippen LogP) is 3.93. The number of halogens is 5. The van der Waals surface area contributed by atoms with Crippen LogP contribution in [0.5, 0.6) is 0 Å². The number of esters is 1. The number of fused-ring (bicyclic) bond motifs is 2. The highest BCUT2D eigenvalue weighted by Gasteiger charge is 2.60. The Hall–Kier alpha value is -0.770. The number of hydrogen-bond acceptors (Lipinski definition) is 4. The van der Waals surface area contributed by atoms with Crippen molar-refractivity contribution in [2.45, 2.75) is 68.9 Å². The first-order valence-corrected chi connectivity index (χ1v) is 9.31. The highest BCUT2D eigenvalue weighted by Crippen LogP contribution is 2.44. The molecule has 0 aliphatic heterocycles. The second kappa shape index (κ2) is 7.85. The molecule has 4 atom stereocenters. The summed E-state index contributed by atoms with van der Waals surface area (Å²) in [5.74, 6) is -0.175. The minimum absolute atomic E-state index is 0.162. The minimum atomic E-state index is -5.68. The first-order chi connectivity index (χ1) is 11.5. The normalized spacial score (nSPS) is 29.8. The lowest BCUT2D eigenvalue weighted by atomic mass is 9.67. The molecule has 4 unspecified atom stereocenters. The Labute approximate surface area is 144 Å². The quantitative estimate of drug-likeness (QED) is 0.391. The highest BCUT2D eigenvalue weighted by atomic mass is 32.2. The fourth-order valence-electron chi connectivity index (χ4n) is 4.03. The third-order valence-corrected chi connectivity index (χ3v) is 5.71. The molecule has 2 saturated carbocycles. The summed E-state index contributed by atoms with van der Waals surface area (Å²) in [7, 11) is 0. The SMILES string of the molecule is O=C(CCC1CC2CCCC(C2)C1)OC(C(F)(F)F)C(F)(F)S(=O)[O-]. The third-order valence-electron chi connectivity index (χ3n) is 5.06. The first kappa shape index (κ1) is 20.5. The van der Waals surface area contributed by atoms with Gasteiger partial charge in [0, 0.05) is 17.5 Å². The topological polar surface area (TPSA) is 66.4 Å². The number of carbonyl (C=O) groups is 1. The van der Waals surface area contributed by atoms with Crippen LogP contribution in [0.3, 0.4) is 0 Å². The van der Waals surface area contributed by atoms with Crippen molar-refractivity contribution in [1.29, 1.82) is 0 Å². The number of ether oxygens (including phenoxy) is 1. The Morgan fingerprint density at radius 2 is 1.68 bits per heavy atom. The molecule has 0 amide bonds. The number of carbonyl (C=O) groups excluding carboxylic acids is 1. The molecule has 2 bridgehead atoms. The van der Waals surface area contributed by atoms with Gasteiger partial charge < -0.3 is 9.29 Å². The van der Waals surface area contributed by atoms with E-state index in [1.165, 1.54) is 6.42 Å². The smallest absolute Gasteiger partial charge is 0.432 e. The standard InChI is InChI=1S/C15H21F5O4S/c16-14(17,18)13(15(19,20)25(22)23)24-12(21)5-4-11-7-9-2-1-3-10(6-9)8-11/h9-11,13H,1-8H2,(H,22,23)/p-1. The van der Waals surface area contributed by atoms with E-state index in [1.807, 2.05) is 0 Å². The van der Waals surface area contributed by atoms with Crippen molar-refractivity contribution in [3.05, 3.63) is 0 Å². The molecule has 0 aromatic heterocycles. The van der Waals surface area contributed by atoms with Crippen molar-refractivity contribution in [1.82, 2.24) is 0 Å². The van der Waals surface area contributed by atoms with Crippen LogP contribution in [0.15, 0.2) is 0 Å². The molecule has 0 radical (unpaired) electrons. The molecule has 10 heteroatoms. The van der Waals surface area contributed by atoms with Gasteiger partial charge in [-0.05, 0) is 43.4 Å². The fourth-order valence-corrected chi connectivity index (χ4v) is 4.39. The van der Waals surface area contributed by atoms with Gasteiger partial charge in [0.25, 0.3) is 6.10 Å². The minimum Gasteiger partial charge on any atom is -0.768 e. The van der Waals surface area contributed by atoms with Gasteiger partial charge in [-0.3, -0.25) is 9.00 Å². The maximum atomic E-state index is 13.2. The monoisotopic (exact) mass is 391 g/mol. The molecule has 0 N–H and O–H groups in total. The van der Waals surface area contributed by atoms with Crippen LogP contribution in [0.2, 0.25) is 0 Å². The summed E-state index contributed by atoms with van der Waals surface area (Å²) in [4.78, 5) is 11.6. The molecule has 146 valence electrons. The summed E-state index contributed by atoms with van der Waals surface area (Å²) in [5, 5.41) is -5.23. The largest absolute Gasteiger partial charge is 0.768 e. The zero-order valence-corrected chi connectivity index (χ0v) is 14.2. The van der Waals surface area contributed by atoms with Gasteiger partial charge >= 0.3 is 17.4 Å². The third kappa shape index (κ3) is 5.35. The lowest BCUT2D eigenvalue weighted by Gasteiger charge is -2.39. The van der Waals surface area contributed by atoms with Gasteiger partial charge in [0.1, 0.15) is 0 Å². The fraction of sp³-hybridized carbons (Fsp3) is 0.933. The lowest BCUT2D eigenvalue weighted by molar-refractivity contribution is -0.258. The van der Waals surface area contributed by atoms with Crippen LogP contribution in [-0.2, 0) is 20.6 Å². The van der Waals surface area contributed by atoms with Crippen LogP contribution in [0, 0.1) is 17.8 Å². The van der Waals surface area contributed by atoms with E-state index >= 15 is 0 Å². The molecule has 0 aromatic carbocycles. The van der Waals surface area contributed by atoms with Crippen LogP contribution in [0.1, 0.15) is 51.4 Å². The van der Waals surface area contributed by atoms with Gasteiger partial charge in [0.05, 0.1) is 0 Å². The second-order valence-corrected chi connectivity index (χ2v) is 8.00. The number of hydrogen-bond donors (Lipinski definition) is 0. The molecule has 2 aliphatic carbocycles. The molecular formula is C15H20F5O4S-. The van der Waals surface area contributed by atoms with Crippen LogP contribution in [-0.4, -0.2) is 32.3 Å².